The van der Waals surface area contributed by atoms with E-state index in [1.54, 1.807) is 23.1 Å². The van der Waals surface area contributed by atoms with E-state index in [1.165, 1.54) is 5.01 Å². The van der Waals surface area contributed by atoms with Gasteiger partial charge in [-0.15, -0.1) is 11.3 Å². The van der Waals surface area contributed by atoms with Crippen molar-refractivity contribution in [2.75, 3.05) is 32.6 Å². The Balaban J connectivity index is 1.56. The molecule has 0 N–H and O–H groups in total. The van der Waals surface area contributed by atoms with Crippen LogP contribution in [0, 0.1) is 5.41 Å². The number of thioether (sulfide) groups is 1. The average molecular weight is 326 g/mol. The number of piperidine rings is 1. The lowest BCUT2D eigenvalue weighted by Gasteiger charge is -2.39. The minimum Gasteiger partial charge on any atom is -0.381 e. The lowest BCUT2D eigenvalue weighted by Crippen LogP contribution is -2.47. The van der Waals surface area contributed by atoms with Crippen molar-refractivity contribution in [3.8, 4) is 0 Å². The molecule has 2 aliphatic rings. The maximum absolute atomic E-state index is 12.1. The molecule has 1 aromatic rings. The summed E-state index contributed by atoms with van der Waals surface area (Å²) in [6, 6.07) is 0. The highest BCUT2D eigenvalue weighted by atomic mass is 32.2. The van der Waals surface area contributed by atoms with Gasteiger partial charge in [-0.1, -0.05) is 0 Å². The Morgan fingerprint density at radius 3 is 3.19 bits per heavy atom. The van der Waals surface area contributed by atoms with Gasteiger partial charge in [-0.05, 0) is 19.1 Å². The highest BCUT2D eigenvalue weighted by Gasteiger charge is 2.41. The second-order valence-corrected chi connectivity index (χ2v) is 7.84. The lowest BCUT2D eigenvalue weighted by molar-refractivity contribution is -0.137. The van der Waals surface area contributed by atoms with Gasteiger partial charge in [0, 0.05) is 49.1 Å². The molecule has 1 atom stereocenters. The van der Waals surface area contributed by atoms with E-state index in [9.17, 15) is 4.79 Å². The number of carbonyl (C=O) groups excluding carboxylic acids is 1. The van der Waals surface area contributed by atoms with Crippen LogP contribution < -0.4 is 0 Å². The van der Waals surface area contributed by atoms with E-state index in [2.05, 4.69) is 16.6 Å². The molecule has 4 nitrogen and oxygen atoms in total. The van der Waals surface area contributed by atoms with Crippen molar-refractivity contribution in [2.45, 2.75) is 31.4 Å². The van der Waals surface area contributed by atoms with Crippen LogP contribution in [0.3, 0.4) is 0 Å². The van der Waals surface area contributed by atoms with Gasteiger partial charge in [-0.3, -0.25) is 4.79 Å². The zero-order valence-corrected chi connectivity index (χ0v) is 14.1. The number of ether oxygens (including phenoxy) is 1. The molecule has 2 fully saturated rings. The molecule has 0 bridgehead atoms. The van der Waals surface area contributed by atoms with Gasteiger partial charge in [-0.25, -0.2) is 4.98 Å². The Labute approximate surface area is 134 Å². The van der Waals surface area contributed by atoms with Crippen molar-refractivity contribution >= 4 is 29.0 Å². The third-order valence-electron chi connectivity index (χ3n) is 4.44. The number of likely N-dealkylation sites (tertiary alicyclic amines) is 1. The van der Waals surface area contributed by atoms with Gasteiger partial charge >= 0.3 is 0 Å². The first kappa shape index (κ1) is 15.3. The monoisotopic (exact) mass is 326 g/mol. The number of aromatic nitrogens is 1. The van der Waals surface area contributed by atoms with Crippen LogP contribution in [0.2, 0.25) is 0 Å². The largest absolute Gasteiger partial charge is 0.381 e. The Morgan fingerprint density at radius 2 is 2.43 bits per heavy atom. The standard InChI is InChI=1S/C15H22N2O2S2/c1-20-9-13-16-12(8-21-13)3-6-17-10-15(4-2-14(17)18)5-7-19-11-15/h8H,2-7,9-11H2,1H3/t15-/m0/s1. The maximum Gasteiger partial charge on any atom is 0.222 e. The number of hydrogen-bond acceptors (Lipinski definition) is 5. The molecule has 0 radical (unpaired) electrons. The smallest absolute Gasteiger partial charge is 0.222 e. The summed E-state index contributed by atoms with van der Waals surface area (Å²) in [6.45, 7) is 3.34. The minimum absolute atomic E-state index is 0.236. The average Bonchev–Trinajstić information content (AvgIpc) is 3.11. The number of rotatable bonds is 5. The van der Waals surface area contributed by atoms with Gasteiger partial charge in [0.2, 0.25) is 5.91 Å². The van der Waals surface area contributed by atoms with E-state index < -0.39 is 0 Å². The third kappa shape index (κ3) is 3.60. The summed E-state index contributed by atoms with van der Waals surface area (Å²) in [4.78, 5) is 18.8. The van der Waals surface area contributed by atoms with E-state index in [0.29, 0.717) is 12.3 Å². The van der Waals surface area contributed by atoms with Gasteiger partial charge in [0.1, 0.15) is 5.01 Å². The number of carbonyl (C=O) groups is 1. The molecule has 1 aromatic heterocycles. The van der Waals surface area contributed by atoms with Gasteiger partial charge in [0.05, 0.1) is 12.3 Å². The fourth-order valence-electron chi connectivity index (χ4n) is 3.18. The molecule has 0 aliphatic carbocycles. The van der Waals surface area contributed by atoms with E-state index in [0.717, 1.165) is 57.0 Å². The molecule has 6 heteroatoms. The predicted octanol–water partition coefficient (Wildman–Crippen LogP) is 2.58. The number of amides is 1. The van der Waals surface area contributed by atoms with Crippen LogP contribution in [0.15, 0.2) is 5.38 Å². The van der Waals surface area contributed by atoms with Crippen LogP contribution in [0.25, 0.3) is 0 Å². The number of thiazole rings is 1. The van der Waals surface area contributed by atoms with Crippen LogP contribution in [0.4, 0.5) is 0 Å². The van der Waals surface area contributed by atoms with Crippen molar-refractivity contribution in [2.24, 2.45) is 5.41 Å². The van der Waals surface area contributed by atoms with E-state index in [-0.39, 0.29) is 5.41 Å². The zero-order valence-electron chi connectivity index (χ0n) is 12.5. The molecule has 0 unspecified atom stereocenters. The topological polar surface area (TPSA) is 42.4 Å². The Kier molecular flexibility index (Phi) is 4.86. The van der Waals surface area contributed by atoms with Crippen LogP contribution in [-0.4, -0.2) is 48.4 Å². The fourth-order valence-corrected chi connectivity index (χ4v) is 4.73. The third-order valence-corrected chi connectivity index (χ3v) is 6.08. The Bertz CT molecular complexity index is 498. The quantitative estimate of drug-likeness (QED) is 0.834. The summed E-state index contributed by atoms with van der Waals surface area (Å²) in [5, 5.41) is 3.32. The Morgan fingerprint density at radius 1 is 1.52 bits per heavy atom. The van der Waals surface area contributed by atoms with Crippen molar-refractivity contribution < 1.29 is 9.53 Å². The van der Waals surface area contributed by atoms with Crippen LogP contribution >= 0.6 is 23.1 Å². The highest BCUT2D eigenvalue weighted by Crippen LogP contribution is 2.38. The molecule has 2 aliphatic heterocycles. The summed E-state index contributed by atoms with van der Waals surface area (Å²) in [6.07, 6.45) is 5.74. The van der Waals surface area contributed by atoms with E-state index in [1.807, 2.05) is 4.90 Å². The molecule has 21 heavy (non-hydrogen) atoms. The molecular weight excluding hydrogens is 304 g/mol. The summed E-state index contributed by atoms with van der Waals surface area (Å²) in [5.74, 6) is 1.28. The van der Waals surface area contributed by atoms with Crippen LogP contribution in [0.1, 0.15) is 30.0 Å². The molecule has 1 spiro atoms. The SMILES string of the molecule is CSCc1nc(CCN2C[C@@]3(CCOC3)CCC2=O)cs1. The van der Waals surface area contributed by atoms with Gasteiger partial charge < -0.3 is 9.64 Å². The molecular formula is C15H22N2O2S2. The summed E-state index contributed by atoms with van der Waals surface area (Å²) < 4.78 is 5.56. The summed E-state index contributed by atoms with van der Waals surface area (Å²) in [7, 11) is 0. The summed E-state index contributed by atoms with van der Waals surface area (Å²) in [5.41, 5.74) is 1.36. The van der Waals surface area contributed by atoms with Crippen molar-refractivity contribution in [3.05, 3.63) is 16.1 Å². The van der Waals surface area contributed by atoms with Crippen molar-refractivity contribution in [3.63, 3.8) is 0 Å². The molecule has 1 amide bonds. The van der Waals surface area contributed by atoms with Crippen LogP contribution in [-0.2, 0) is 21.7 Å². The summed E-state index contributed by atoms with van der Waals surface area (Å²) >= 11 is 3.52. The molecule has 0 aromatic carbocycles. The van der Waals surface area contributed by atoms with E-state index >= 15 is 0 Å². The molecule has 3 rings (SSSR count). The first-order chi connectivity index (χ1) is 10.2. The van der Waals surface area contributed by atoms with Crippen LogP contribution in [0.5, 0.6) is 0 Å². The predicted molar refractivity (Wildman–Crippen MR) is 86.7 cm³/mol. The molecule has 0 saturated carbocycles. The molecule has 2 saturated heterocycles. The minimum atomic E-state index is 0.236. The first-order valence-corrected chi connectivity index (χ1v) is 9.76. The van der Waals surface area contributed by atoms with E-state index in [4.69, 9.17) is 4.74 Å². The van der Waals surface area contributed by atoms with Gasteiger partial charge in [-0.2, -0.15) is 11.8 Å². The van der Waals surface area contributed by atoms with Crippen molar-refractivity contribution in [1.82, 2.24) is 9.88 Å². The number of nitrogens with zero attached hydrogens (tertiary/aromatic N) is 2. The van der Waals surface area contributed by atoms with Crippen molar-refractivity contribution in [1.29, 1.82) is 0 Å². The lowest BCUT2D eigenvalue weighted by atomic mass is 9.79. The van der Waals surface area contributed by atoms with Gasteiger partial charge in [0.15, 0.2) is 0 Å². The second-order valence-electron chi connectivity index (χ2n) is 6.03. The first-order valence-electron chi connectivity index (χ1n) is 7.49. The molecule has 3 heterocycles. The Hall–Kier alpha value is -0.590. The molecule has 116 valence electrons. The van der Waals surface area contributed by atoms with Gasteiger partial charge in [0.25, 0.3) is 0 Å². The second kappa shape index (κ2) is 6.67. The highest BCUT2D eigenvalue weighted by molar-refractivity contribution is 7.97. The number of hydrogen-bond donors (Lipinski definition) is 0. The maximum atomic E-state index is 12.1. The zero-order chi connectivity index (χ0) is 14.7. The fraction of sp³-hybridized carbons (Fsp3) is 0.733. The normalized spacial score (nSPS) is 26.0.